The van der Waals surface area contributed by atoms with E-state index in [-0.39, 0.29) is 6.42 Å². The third-order valence-corrected chi connectivity index (χ3v) is 3.16. The van der Waals surface area contributed by atoms with E-state index in [0.29, 0.717) is 5.56 Å². The highest BCUT2D eigenvalue weighted by atomic mass is 16.7. The summed E-state index contributed by atoms with van der Waals surface area (Å²) in [6.45, 7) is 1.75. The van der Waals surface area contributed by atoms with Crippen molar-refractivity contribution in [2.45, 2.75) is 37.9 Å². The molecule has 0 unspecified atom stereocenters. The minimum atomic E-state index is -0.790. The lowest BCUT2D eigenvalue weighted by Gasteiger charge is -2.36. The summed E-state index contributed by atoms with van der Waals surface area (Å²) in [6.07, 6.45) is -2.06. The van der Waals surface area contributed by atoms with Gasteiger partial charge in [-0.05, 0) is 19.1 Å². The minimum absolute atomic E-state index is 0.285. The zero-order valence-corrected chi connectivity index (χ0v) is 11.0. The highest BCUT2D eigenvalue weighted by molar-refractivity contribution is 5.89. The molecular formula is C14H18O5. The predicted octanol–water partition coefficient (Wildman–Crippen LogP) is 1.35. The summed E-state index contributed by atoms with van der Waals surface area (Å²) in [5, 5.41) is 10.00. The number of rotatable bonds is 3. The number of ether oxygens (including phenoxy) is 3. The number of aliphatic hydroxyl groups is 1. The van der Waals surface area contributed by atoms with Gasteiger partial charge in [-0.15, -0.1) is 0 Å². The zero-order chi connectivity index (χ0) is 13.8. The van der Waals surface area contributed by atoms with Crippen LogP contribution >= 0.6 is 0 Å². The van der Waals surface area contributed by atoms with Gasteiger partial charge in [-0.1, -0.05) is 18.2 Å². The van der Waals surface area contributed by atoms with E-state index in [4.69, 9.17) is 14.2 Å². The fraction of sp³-hybridized carbons (Fsp3) is 0.500. The Morgan fingerprint density at radius 3 is 2.63 bits per heavy atom. The topological polar surface area (TPSA) is 65.0 Å². The Morgan fingerprint density at radius 2 is 2.05 bits per heavy atom. The number of hydrogen-bond acceptors (Lipinski definition) is 5. The lowest BCUT2D eigenvalue weighted by Crippen LogP contribution is -2.49. The molecule has 1 aromatic rings. The monoisotopic (exact) mass is 266 g/mol. The predicted molar refractivity (Wildman–Crippen MR) is 67.6 cm³/mol. The van der Waals surface area contributed by atoms with Crippen LogP contribution in [0.3, 0.4) is 0 Å². The highest BCUT2D eigenvalue weighted by Gasteiger charge is 2.38. The Balaban J connectivity index is 2.01. The molecule has 0 bridgehead atoms. The first kappa shape index (κ1) is 14.0. The molecule has 104 valence electrons. The molecule has 1 aliphatic heterocycles. The van der Waals surface area contributed by atoms with Crippen molar-refractivity contribution in [2.24, 2.45) is 0 Å². The SMILES string of the molecule is CO[C@@H]1C[C@H](O)[C@@H](OC(=O)c2ccccc2)[C@@H](C)O1. The molecule has 4 atom stereocenters. The van der Waals surface area contributed by atoms with E-state index in [1.165, 1.54) is 7.11 Å². The van der Waals surface area contributed by atoms with E-state index in [9.17, 15) is 9.90 Å². The van der Waals surface area contributed by atoms with Crippen LogP contribution in [0.2, 0.25) is 0 Å². The Labute approximate surface area is 112 Å². The Kier molecular flexibility index (Phi) is 4.52. The van der Waals surface area contributed by atoms with Gasteiger partial charge in [0.05, 0.1) is 17.8 Å². The summed E-state index contributed by atoms with van der Waals surface area (Å²) in [7, 11) is 1.51. The molecule has 1 N–H and O–H groups in total. The Bertz CT molecular complexity index is 407. The molecule has 0 amide bonds. The van der Waals surface area contributed by atoms with Crippen molar-refractivity contribution in [3.05, 3.63) is 35.9 Å². The van der Waals surface area contributed by atoms with E-state index in [0.717, 1.165) is 0 Å². The quantitative estimate of drug-likeness (QED) is 0.837. The van der Waals surface area contributed by atoms with Gasteiger partial charge in [0.25, 0.3) is 0 Å². The molecule has 1 aromatic carbocycles. The Hall–Kier alpha value is -1.43. The molecule has 0 radical (unpaired) electrons. The first-order valence-corrected chi connectivity index (χ1v) is 6.24. The van der Waals surface area contributed by atoms with E-state index in [1.807, 2.05) is 6.07 Å². The smallest absolute Gasteiger partial charge is 0.338 e. The van der Waals surface area contributed by atoms with E-state index >= 15 is 0 Å². The lowest BCUT2D eigenvalue weighted by atomic mass is 10.0. The zero-order valence-electron chi connectivity index (χ0n) is 11.0. The van der Waals surface area contributed by atoms with Crippen LogP contribution in [0.4, 0.5) is 0 Å². The maximum atomic E-state index is 11.9. The second-order valence-corrected chi connectivity index (χ2v) is 4.55. The number of hydrogen-bond donors (Lipinski definition) is 1. The maximum Gasteiger partial charge on any atom is 0.338 e. The van der Waals surface area contributed by atoms with Crippen LogP contribution in [0.5, 0.6) is 0 Å². The van der Waals surface area contributed by atoms with Crippen LogP contribution in [-0.2, 0) is 14.2 Å². The van der Waals surface area contributed by atoms with Gasteiger partial charge in [0.2, 0.25) is 0 Å². The normalized spacial score (nSPS) is 30.9. The molecular weight excluding hydrogens is 248 g/mol. The van der Waals surface area contributed by atoms with Crippen LogP contribution in [0.15, 0.2) is 30.3 Å². The summed E-state index contributed by atoms with van der Waals surface area (Å²) in [5.41, 5.74) is 0.454. The average Bonchev–Trinajstić information content (AvgIpc) is 2.43. The number of carbonyl (C=O) groups excluding carboxylic acids is 1. The lowest BCUT2D eigenvalue weighted by molar-refractivity contribution is -0.236. The van der Waals surface area contributed by atoms with Crippen molar-refractivity contribution < 1.29 is 24.1 Å². The molecule has 0 aliphatic carbocycles. The van der Waals surface area contributed by atoms with Gasteiger partial charge >= 0.3 is 5.97 Å². The van der Waals surface area contributed by atoms with Gasteiger partial charge in [0, 0.05) is 13.5 Å². The van der Waals surface area contributed by atoms with Gasteiger partial charge in [-0.2, -0.15) is 0 Å². The molecule has 0 aromatic heterocycles. The third-order valence-electron chi connectivity index (χ3n) is 3.16. The molecule has 1 heterocycles. The van der Waals surface area contributed by atoms with Gasteiger partial charge in [0.1, 0.15) is 0 Å². The fourth-order valence-corrected chi connectivity index (χ4v) is 2.11. The van der Waals surface area contributed by atoms with Crippen molar-refractivity contribution in [3.8, 4) is 0 Å². The van der Waals surface area contributed by atoms with Crippen molar-refractivity contribution in [3.63, 3.8) is 0 Å². The molecule has 1 saturated heterocycles. The second kappa shape index (κ2) is 6.14. The third kappa shape index (κ3) is 3.32. The first-order valence-electron chi connectivity index (χ1n) is 6.24. The standard InChI is InChI=1S/C14H18O5/c1-9-13(11(15)8-12(17-2)18-9)19-14(16)10-6-4-3-5-7-10/h3-7,9,11-13,15H,8H2,1-2H3/t9-,11+,12+,13+/m1/s1. The van der Waals surface area contributed by atoms with Crippen molar-refractivity contribution >= 4 is 5.97 Å². The van der Waals surface area contributed by atoms with Crippen molar-refractivity contribution in [1.29, 1.82) is 0 Å². The largest absolute Gasteiger partial charge is 0.453 e. The number of benzene rings is 1. The molecule has 19 heavy (non-hydrogen) atoms. The van der Waals surface area contributed by atoms with Crippen molar-refractivity contribution in [1.82, 2.24) is 0 Å². The van der Waals surface area contributed by atoms with Crippen LogP contribution < -0.4 is 0 Å². The first-order chi connectivity index (χ1) is 9.11. The molecule has 1 aliphatic rings. The van der Waals surface area contributed by atoms with Crippen LogP contribution in [0.1, 0.15) is 23.7 Å². The van der Waals surface area contributed by atoms with Gasteiger partial charge in [-0.25, -0.2) is 4.79 Å². The molecule has 2 rings (SSSR count). The summed E-state index contributed by atoms with van der Waals surface area (Å²) < 4.78 is 15.9. The van der Waals surface area contributed by atoms with E-state index < -0.39 is 30.6 Å². The van der Waals surface area contributed by atoms with Crippen LogP contribution in [-0.4, -0.2) is 42.8 Å². The fourth-order valence-electron chi connectivity index (χ4n) is 2.11. The molecule has 0 saturated carbocycles. The van der Waals surface area contributed by atoms with E-state index in [2.05, 4.69) is 0 Å². The van der Waals surface area contributed by atoms with Gasteiger partial charge in [0.15, 0.2) is 12.4 Å². The molecule has 1 fully saturated rings. The maximum absolute atomic E-state index is 11.9. The van der Waals surface area contributed by atoms with Crippen LogP contribution in [0.25, 0.3) is 0 Å². The summed E-state index contributed by atoms with van der Waals surface area (Å²) in [5.74, 6) is -0.462. The van der Waals surface area contributed by atoms with Gasteiger partial charge in [-0.3, -0.25) is 0 Å². The number of esters is 1. The summed E-state index contributed by atoms with van der Waals surface area (Å²) >= 11 is 0. The molecule has 0 spiro atoms. The van der Waals surface area contributed by atoms with Crippen molar-refractivity contribution in [2.75, 3.05) is 7.11 Å². The average molecular weight is 266 g/mol. The highest BCUT2D eigenvalue weighted by Crippen LogP contribution is 2.23. The van der Waals surface area contributed by atoms with Crippen LogP contribution in [0, 0.1) is 0 Å². The van der Waals surface area contributed by atoms with Gasteiger partial charge < -0.3 is 19.3 Å². The summed E-state index contributed by atoms with van der Waals surface area (Å²) in [6, 6.07) is 8.67. The number of methoxy groups -OCH3 is 1. The minimum Gasteiger partial charge on any atom is -0.453 e. The number of aliphatic hydroxyl groups excluding tert-OH is 1. The van der Waals surface area contributed by atoms with E-state index in [1.54, 1.807) is 31.2 Å². The molecule has 5 nitrogen and oxygen atoms in total. The summed E-state index contributed by atoms with van der Waals surface area (Å²) in [4.78, 5) is 11.9. The second-order valence-electron chi connectivity index (χ2n) is 4.55. The number of carbonyl (C=O) groups is 1. The molecule has 5 heteroatoms. The Morgan fingerprint density at radius 1 is 1.37 bits per heavy atom.